The van der Waals surface area contributed by atoms with Crippen LogP contribution in [0.4, 0.5) is 4.79 Å². The van der Waals surface area contributed by atoms with Gasteiger partial charge in [0.15, 0.2) is 0 Å². The average Bonchev–Trinajstić information content (AvgIpc) is 2.54. The van der Waals surface area contributed by atoms with Gasteiger partial charge in [-0.3, -0.25) is 10.1 Å². The van der Waals surface area contributed by atoms with Crippen LogP contribution >= 0.6 is 27.5 Å². The summed E-state index contributed by atoms with van der Waals surface area (Å²) in [6.45, 7) is 0. The molecule has 0 spiro atoms. The second-order valence-corrected chi connectivity index (χ2v) is 5.84. The Kier molecular flexibility index (Phi) is 6.01. The van der Waals surface area contributed by atoms with Crippen molar-refractivity contribution in [3.8, 4) is 5.75 Å². The molecule has 0 bridgehead atoms. The molecule has 2 N–H and O–H groups in total. The molecule has 0 aliphatic heterocycles. The van der Waals surface area contributed by atoms with Gasteiger partial charge in [0.05, 0.1) is 4.47 Å². The molecule has 23 heavy (non-hydrogen) atoms. The van der Waals surface area contributed by atoms with Crippen LogP contribution in [-0.4, -0.2) is 19.0 Å². The number of amides is 3. The minimum absolute atomic E-state index is 0.440. The minimum atomic E-state index is -0.981. The van der Waals surface area contributed by atoms with Crippen molar-refractivity contribution in [3.05, 3.63) is 63.6 Å². The van der Waals surface area contributed by atoms with Gasteiger partial charge in [-0.25, -0.2) is 4.79 Å². The van der Waals surface area contributed by atoms with Crippen LogP contribution in [0.3, 0.4) is 0 Å². The van der Waals surface area contributed by atoms with Crippen molar-refractivity contribution in [3.63, 3.8) is 0 Å². The normalized spacial score (nSPS) is 11.4. The molecule has 0 aliphatic carbocycles. The van der Waals surface area contributed by atoms with Crippen molar-refractivity contribution in [2.24, 2.45) is 0 Å². The molecule has 0 unspecified atom stereocenters. The highest BCUT2D eigenvalue weighted by Crippen LogP contribution is 2.31. The van der Waals surface area contributed by atoms with E-state index in [0.29, 0.717) is 20.8 Å². The highest BCUT2D eigenvalue weighted by atomic mass is 79.9. The molecule has 2 aromatic carbocycles. The molecule has 3 amide bonds. The van der Waals surface area contributed by atoms with Crippen LogP contribution in [0.2, 0.25) is 5.02 Å². The third kappa shape index (κ3) is 4.71. The number of benzene rings is 2. The molecule has 0 heterocycles. The number of halogens is 2. The first-order chi connectivity index (χ1) is 11.0. The predicted molar refractivity (Wildman–Crippen MR) is 91.6 cm³/mol. The fourth-order valence-corrected chi connectivity index (χ4v) is 2.61. The van der Waals surface area contributed by atoms with E-state index in [2.05, 4.69) is 26.6 Å². The van der Waals surface area contributed by atoms with Crippen molar-refractivity contribution < 1.29 is 14.3 Å². The Hall–Kier alpha value is -2.05. The summed E-state index contributed by atoms with van der Waals surface area (Å²) >= 11 is 9.24. The minimum Gasteiger partial charge on any atom is -0.475 e. The van der Waals surface area contributed by atoms with Crippen molar-refractivity contribution in [2.75, 3.05) is 7.05 Å². The first-order valence-corrected chi connectivity index (χ1v) is 7.87. The maximum atomic E-state index is 12.4. The Morgan fingerprint density at radius 2 is 1.87 bits per heavy atom. The van der Waals surface area contributed by atoms with Crippen LogP contribution in [0.1, 0.15) is 11.7 Å². The lowest BCUT2D eigenvalue weighted by atomic mass is 10.1. The summed E-state index contributed by atoms with van der Waals surface area (Å²) in [5.41, 5.74) is 0.621. The molecular formula is C16H14BrClN2O3. The lowest BCUT2D eigenvalue weighted by Crippen LogP contribution is -2.41. The first kappa shape index (κ1) is 17.3. The van der Waals surface area contributed by atoms with E-state index in [1.165, 1.54) is 7.05 Å². The molecule has 0 saturated carbocycles. The van der Waals surface area contributed by atoms with Gasteiger partial charge in [-0.15, -0.1) is 0 Å². The number of carbonyl (C=O) groups excluding carboxylic acids is 2. The zero-order valence-electron chi connectivity index (χ0n) is 12.2. The van der Waals surface area contributed by atoms with Crippen LogP contribution in [0.5, 0.6) is 5.75 Å². The van der Waals surface area contributed by atoms with Crippen molar-refractivity contribution in [2.45, 2.75) is 6.10 Å². The molecule has 0 aliphatic rings. The third-order valence-corrected chi connectivity index (χ3v) is 3.80. The molecule has 1 atom stereocenters. The van der Waals surface area contributed by atoms with E-state index in [9.17, 15) is 9.59 Å². The predicted octanol–water partition coefficient (Wildman–Crippen LogP) is 3.68. The first-order valence-electron chi connectivity index (χ1n) is 6.70. The number of hydrogen-bond donors (Lipinski definition) is 2. The topological polar surface area (TPSA) is 67.4 Å². The van der Waals surface area contributed by atoms with Crippen molar-refractivity contribution >= 4 is 39.5 Å². The maximum absolute atomic E-state index is 12.4. The summed E-state index contributed by atoms with van der Waals surface area (Å²) in [6.07, 6.45) is -0.981. The van der Waals surface area contributed by atoms with Crippen LogP contribution < -0.4 is 15.4 Å². The third-order valence-electron chi connectivity index (χ3n) is 2.94. The fraction of sp³-hybridized carbons (Fsp3) is 0.125. The van der Waals surface area contributed by atoms with Crippen LogP contribution in [-0.2, 0) is 4.79 Å². The van der Waals surface area contributed by atoms with Gasteiger partial charge in [-0.05, 0) is 34.1 Å². The fourth-order valence-electron chi connectivity index (χ4n) is 1.84. The van der Waals surface area contributed by atoms with Gasteiger partial charge in [-0.1, -0.05) is 41.9 Å². The second kappa shape index (κ2) is 7.99. The van der Waals surface area contributed by atoms with Crippen molar-refractivity contribution in [1.29, 1.82) is 0 Å². The van der Waals surface area contributed by atoms with E-state index in [4.69, 9.17) is 16.3 Å². The smallest absolute Gasteiger partial charge is 0.321 e. The van der Waals surface area contributed by atoms with E-state index in [-0.39, 0.29) is 0 Å². The molecule has 5 nitrogen and oxygen atoms in total. The molecule has 0 radical (unpaired) electrons. The Morgan fingerprint density at radius 1 is 1.17 bits per heavy atom. The highest BCUT2D eigenvalue weighted by Gasteiger charge is 2.25. The van der Waals surface area contributed by atoms with Gasteiger partial charge in [0, 0.05) is 17.6 Å². The number of hydrogen-bond acceptors (Lipinski definition) is 3. The summed E-state index contributed by atoms with van der Waals surface area (Å²) in [5.74, 6) is -0.132. The van der Waals surface area contributed by atoms with Crippen LogP contribution in [0, 0.1) is 0 Å². The summed E-state index contributed by atoms with van der Waals surface area (Å²) in [4.78, 5) is 23.8. The van der Waals surface area contributed by atoms with E-state index < -0.39 is 18.0 Å². The summed E-state index contributed by atoms with van der Waals surface area (Å²) in [5, 5.41) is 5.09. The van der Waals surface area contributed by atoms with Crippen LogP contribution in [0.25, 0.3) is 0 Å². The number of carbonyl (C=O) groups is 2. The van der Waals surface area contributed by atoms with E-state index in [1.807, 2.05) is 6.07 Å². The molecule has 120 valence electrons. The Balaban J connectivity index is 2.30. The molecule has 2 aromatic rings. The molecule has 2 rings (SSSR count). The molecule has 0 fully saturated rings. The molecular weight excluding hydrogens is 384 g/mol. The van der Waals surface area contributed by atoms with E-state index >= 15 is 0 Å². The standard InChI is InChI=1S/C16H14BrClN2O3/c1-19-16(22)20-15(21)14(10-5-3-2-4-6-10)23-13-8-7-11(18)9-12(13)17/h2-9,14H,1H3,(H2,19,20,21,22)/t14-/m1/s1. The van der Waals surface area contributed by atoms with Gasteiger partial charge in [-0.2, -0.15) is 0 Å². The van der Waals surface area contributed by atoms with Gasteiger partial charge in [0.1, 0.15) is 5.75 Å². The van der Waals surface area contributed by atoms with Crippen LogP contribution in [0.15, 0.2) is 53.0 Å². The summed E-state index contributed by atoms with van der Waals surface area (Å²) in [6, 6.07) is 13.3. The highest BCUT2D eigenvalue weighted by molar-refractivity contribution is 9.10. The molecule has 7 heteroatoms. The second-order valence-electron chi connectivity index (χ2n) is 4.55. The number of imide groups is 1. The number of urea groups is 1. The Labute approximate surface area is 147 Å². The van der Waals surface area contributed by atoms with Gasteiger partial charge in [0.25, 0.3) is 5.91 Å². The zero-order chi connectivity index (χ0) is 16.8. The Bertz CT molecular complexity index is 710. The number of nitrogens with one attached hydrogen (secondary N) is 2. The van der Waals surface area contributed by atoms with Gasteiger partial charge < -0.3 is 10.1 Å². The van der Waals surface area contributed by atoms with E-state index in [0.717, 1.165) is 0 Å². The molecule has 0 aromatic heterocycles. The van der Waals surface area contributed by atoms with Gasteiger partial charge >= 0.3 is 6.03 Å². The zero-order valence-corrected chi connectivity index (χ0v) is 14.5. The summed E-state index contributed by atoms with van der Waals surface area (Å²) in [7, 11) is 1.43. The summed E-state index contributed by atoms with van der Waals surface area (Å²) < 4.78 is 6.41. The average molecular weight is 398 g/mol. The largest absolute Gasteiger partial charge is 0.475 e. The number of ether oxygens (including phenoxy) is 1. The molecule has 0 saturated heterocycles. The lowest BCUT2D eigenvalue weighted by Gasteiger charge is -2.19. The quantitative estimate of drug-likeness (QED) is 0.827. The van der Waals surface area contributed by atoms with E-state index in [1.54, 1.807) is 42.5 Å². The maximum Gasteiger partial charge on any atom is 0.321 e. The Morgan fingerprint density at radius 3 is 2.48 bits per heavy atom. The SMILES string of the molecule is CNC(=O)NC(=O)[C@H](Oc1ccc(Cl)cc1Br)c1ccccc1. The monoisotopic (exact) mass is 396 g/mol. The number of rotatable bonds is 4. The lowest BCUT2D eigenvalue weighted by molar-refractivity contribution is -0.127. The van der Waals surface area contributed by atoms with Crippen molar-refractivity contribution in [1.82, 2.24) is 10.6 Å². The van der Waals surface area contributed by atoms with Gasteiger partial charge in [0.2, 0.25) is 6.10 Å².